The summed E-state index contributed by atoms with van der Waals surface area (Å²) in [5.41, 5.74) is 1.18. The maximum Gasteiger partial charge on any atom is 0.260 e. The first-order chi connectivity index (χ1) is 11.6. The third kappa shape index (κ3) is 4.34. The highest BCUT2D eigenvalue weighted by atomic mass is 16.5. The number of hydrogen-bond acceptors (Lipinski definition) is 4. The Kier molecular flexibility index (Phi) is 5.13. The number of aromatic amines is 1. The summed E-state index contributed by atoms with van der Waals surface area (Å²) >= 11 is 0. The molecule has 2 heterocycles. The highest BCUT2D eigenvalue weighted by Crippen LogP contribution is 2.20. The van der Waals surface area contributed by atoms with Gasteiger partial charge in [0.2, 0.25) is 0 Å². The number of likely N-dealkylation sites (tertiary alicyclic amines) is 1. The summed E-state index contributed by atoms with van der Waals surface area (Å²) in [5.74, 6) is 3.07. The van der Waals surface area contributed by atoms with Gasteiger partial charge in [-0.15, -0.1) is 0 Å². The van der Waals surface area contributed by atoms with Crippen LogP contribution in [0, 0.1) is 19.8 Å². The lowest BCUT2D eigenvalue weighted by Crippen LogP contribution is -2.41. The maximum atomic E-state index is 12.3. The fourth-order valence-electron chi connectivity index (χ4n) is 3.00. The molecule has 6 nitrogen and oxygen atoms in total. The summed E-state index contributed by atoms with van der Waals surface area (Å²) in [5, 5.41) is 7.08. The van der Waals surface area contributed by atoms with Crippen LogP contribution in [0.4, 0.5) is 0 Å². The second kappa shape index (κ2) is 7.47. The zero-order valence-corrected chi connectivity index (χ0v) is 14.3. The van der Waals surface area contributed by atoms with Gasteiger partial charge in [0.05, 0.1) is 0 Å². The van der Waals surface area contributed by atoms with Gasteiger partial charge in [-0.05, 0) is 44.7 Å². The summed E-state index contributed by atoms with van der Waals surface area (Å²) in [6, 6.07) is 7.76. The predicted octanol–water partition coefficient (Wildman–Crippen LogP) is 2.28. The van der Waals surface area contributed by atoms with Crippen molar-refractivity contribution in [1.82, 2.24) is 20.1 Å². The smallest absolute Gasteiger partial charge is 0.260 e. The van der Waals surface area contributed by atoms with Crippen molar-refractivity contribution in [2.45, 2.75) is 33.1 Å². The Balaban J connectivity index is 1.42. The van der Waals surface area contributed by atoms with Crippen molar-refractivity contribution in [1.29, 1.82) is 0 Å². The molecule has 1 saturated heterocycles. The third-order valence-electron chi connectivity index (χ3n) is 4.47. The molecule has 0 aliphatic carbocycles. The van der Waals surface area contributed by atoms with Crippen molar-refractivity contribution in [2.75, 3.05) is 19.7 Å². The van der Waals surface area contributed by atoms with Gasteiger partial charge in [-0.1, -0.05) is 17.7 Å². The minimum absolute atomic E-state index is 0.0581. The summed E-state index contributed by atoms with van der Waals surface area (Å²) in [4.78, 5) is 18.5. The van der Waals surface area contributed by atoms with Crippen LogP contribution in [0.25, 0.3) is 0 Å². The Bertz CT molecular complexity index is 673. The van der Waals surface area contributed by atoms with Gasteiger partial charge < -0.3 is 9.64 Å². The van der Waals surface area contributed by atoms with Crippen LogP contribution in [-0.2, 0) is 11.2 Å². The molecule has 1 aromatic carbocycles. The zero-order valence-electron chi connectivity index (χ0n) is 14.3. The molecular weight excluding hydrogens is 304 g/mol. The van der Waals surface area contributed by atoms with E-state index in [4.69, 9.17) is 4.74 Å². The van der Waals surface area contributed by atoms with Crippen LogP contribution in [-0.4, -0.2) is 45.7 Å². The molecule has 1 aliphatic heterocycles. The molecular formula is C18H24N4O2. The number of benzene rings is 1. The van der Waals surface area contributed by atoms with Crippen molar-refractivity contribution in [3.63, 3.8) is 0 Å². The van der Waals surface area contributed by atoms with Gasteiger partial charge >= 0.3 is 0 Å². The van der Waals surface area contributed by atoms with Crippen molar-refractivity contribution in [2.24, 2.45) is 5.92 Å². The van der Waals surface area contributed by atoms with E-state index in [-0.39, 0.29) is 12.5 Å². The van der Waals surface area contributed by atoms with Crippen LogP contribution < -0.4 is 4.74 Å². The minimum Gasteiger partial charge on any atom is -0.484 e. The molecule has 128 valence electrons. The molecule has 0 unspecified atom stereocenters. The Morgan fingerprint density at radius 1 is 1.25 bits per heavy atom. The molecule has 3 rings (SSSR count). The minimum atomic E-state index is 0.0581. The standard InChI is InChI=1S/C18H24N4O2/c1-13-3-5-16(6-4-13)24-12-18(23)22-9-7-15(8-10-22)11-17-19-14(2)20-21-17/h3-6,15H,7-12H2,1-2H3,(H,19,20,21). The average Bonchev–Trinajstić information content (AvgIpc) is 2.99. The van der Waals surface area contributed by atoms with E-state index in [9.17, 15) is 4.79 Å². The first kappa shape index (κ1) is 16.5. The SMILES string of the molecule is Cc1ccc(OCC(=O)N2CCC(Cc3n[nH]c(C)n3)CC2)cc1. The van der Waals surface area contributed by atoms with E-state index >= 15 is 0 Å². The Hall–Kier alpha value is -2.37. The van der Waals surface area contributed by atoms with E-state index in [0.29, 0.717) is 5.92 Å². The van der Waals surface area contributed by atoms with Crippen molar-refractivity contribution in [3.8, 4) is 5.75 Å². The van der Waals surface area contributed by atoms with Gasteiger partial charge in [0, 0.05) is 19.5 Å². The quantitative estimate of drug-likeness (QED) is 0.914. The van der Waals surface area contributed by atoms with E-state index in [1.54, 1.807) is 0 Å². The molecule has 0 radical (unpaired) electrons. The van der Waals surface area contributed by atoms with Gasteiger partial charge in [-0.25, -0.2) is 4.98 Å². The average molecular weight is 328 g/mol. The van der Waals surface area contributed by atoms with E-state index in [2.05, 4.69) is 15.2 Å². The van der Waals surface area contributed by atoms with Crippen LogP contribution in [0.3, 0.4) is 0 Å². The fraction of sp³-hybridized carbons (Fsp3) is 0.500. The first-order valence-corrected chi connectivity index (χ1v) is 8.45. The number of aryl methyl sites for hydroxylation is 2. The van der Waals surface area contributed by atoms with Gasteiger partial charge in [-0.2, -0.15) is 5.10 Å². The second-order valence-corrected chi connectivity index (χ2v) is 6.47. The van der Waals surface area contributed by atoms with Crippen LogP contribution in [0.5, 0.6) is 5.75 Å². The summed E-state index contributed by atoms with van der Waals surface area (Å²) in [6.45, 7) is 5.60. The molecule has 1 aromatic heterocycles. The molecule has 1 fully saturated rings. The molecule has 2 aromatic rings. The van der Waals surface area contributed by atoms with Crippen LogP contribution in [0.1, 0.15) is 30.1 Å². The molecule has 24 heavy (non-hydrogen) atoms. The Morgan fingerprint density at radius 3 is 2.58 bits per heavy atom. The fourth-order valence-corrected chi connectivity index (χ4v) is 3.00. The molecule has 0 atom stereocenters. The van der Waals surface area contributed by atoms with Crippen LogP contribution >= 0.6 is 0 Å². The molecule has 0 spiro atoms. The van der Waals surface area contributed by atoms with Crippen LogP contribution in [0.15, 0.2) is 24.3 Å². The van der Waals surface area contributed by atoms with Gasteiger partial charge in [0.25, 0.3) is 5.91 Å². The monoisotopic (exact) mass is 328 g/mol. The zero-order chi connectivity index (χ0) is 16.9. The van der Waals surface area contributed by atoms with Crippen molar-refractivity contribution < 1.29 is 9.53 Å². The summed E-state index contributed by atoms with van der Waals surface area (Å²) < 4.78 is 5.59. The molecule has 1 aliphatic rings. The Labute approximate surface area is 142 Å². The summed E-state index contributed by atoms with van der Waals surface area (Å²) in [7, 11) is 0. The highest BCUT2D eigenvalue weighted by molar-refractivity contribution is 5.77. The normalized spacial score (nSPS) is 15.5. The van der Waals surface area contributed by atoms with Gasteiger partial charge in [0.15, 0.2) is 12.4 Å². The van der Waals surface area contributed by atoms with E-state index in [1.807, 2.05) is 43.0 Å². The summed E-state index contributed by atoms with van der Waals surface area (Å²) in [6.07, 6.45) is 2.86. The highest BCUT2D eigenvalue weighted by Gasteiger charge is 2.24. The largest absolute Gasteiger partial charge is 0.484 e. The number of ether oxygens (including phenoxy) is 1. The number of nitrogens with one attached hydrogen (secondary N) is 1. The Morgan fingerprint density at radius 2 is 1.96 bits per heavy atom. The number of nitrogens with zero attached hydrogens (tertiary/aromatic N) is 3. The maximum absolute atomic E-state index is 12.3. The lowest BCUT2D eigenvalue weighted by Gasteiger charge is -2.31. The van der Waals surface area contributed by atoms with Crippen LogP contribution in [0.2, 0.25) is 0 Å². The van der Waals surface area contributed by atoms with Crippen molar-refractivity contribution in [3.05, 3.63) is 41.5 Å². The molecule has 6 heteroatoms. The molecule has 0 saturated carbocycles. The second-order valence-electron chi connectivity index (χ2n) is 6.47. The predicted molar refractivity (Wildman–Crippen MR) is 90.8 cm³/mol. The lowest BCUT2D eigenvalue weighted by molar-refractivity contribution is -0.134. The number of carbonyl (C=O) groups is 1. The number of aromatic nitrogens is 3. The van der Waals surface area contributed by atoms with Gasteiger partial charge in [0.1, 0.15) is 11.6 Å². The van der Waals surface area contributed by atoms with E-state index in [0.717, 1.165) is 49.8 Å². The van der Waals surface area contributed by atoms with E-state index < -0.39 is 0 Å². The number of hydrogen-bond donors (Lipinski definition) is 1. The first-order valence-electron chi connectivity index (χ1n) is 8.45. The van der Waals surface area contributed by atoms with Gasteiger partial charge in [-0.3, -0.25) is 9.89 Å². The van der Waals surface area contributed by atoms with E-state index in [1.165, 1.54) is 5.56 Å². The van der Waals surface area contributed by atoms with Crippen molar-refractivity contribution >= 4 is 5.91 Å². The number of amides is 1. The molecule has 0 bridgehead atoms. The number of piperidine rings is 1. The third-order valence-corrected chi connectivity index (χ3v) is 4.47. The topological polar surface area (TPSA) is 71.1 Å². The number of H-pyrrole nitrogens is 1. The number of carbonyl (C=O) groups excluding carboxylic acids is 1. The number of rotatable bonds is 5. The lowest BCUT2D eigenvalue weighted by atomic mass is 9.93. The molecule has 1 N–H and O–H groups in total. The molecule has 1 amide bonds.